The number of hydrogen-bond acceptors (Lipinski definition) is 4. The van der Waals surface area contributed by atoms with Gasteiger partial charge in [0, 0.05) is 5.02 Å². The molecule has 0 bridgehead atoms. The number of aryl methyl sites for hydroxylation is 1. The predicted octanol–water partition coefficient (Wildman–Crippen LogP) is 3.63. The molecule has 0 fully saturated rings. The molecule has 3 aromatic rings. The Morgan fingerprint density at radius 3 is 2.78 bits per heavy atom. The second-order valence-electron chi connectivity index (χ2n) is 6.55. The van der Waals surface area contributed by atoms with Crippen LogP contribution in [0.2, 0.25) is 5.02 Å². The molecule has 0 spiro atoms. The number of rotatable bonds is 5. The quantitative estimate of drug-likeness (QED) is 0.727. The highest BCUT2D eigenvalue weighted by Crippen LogP contribution is 2.31. The van der Waals surface area contributed by atoms with Crippen molar-refractivity contribution < 1.29 is 9.53 Å². The van der Waals surface area contributed by atoms with Crippen molar-refractivity contribution in [2.45, 2.75) is 26.7 Å². The summed E-state index contributed by atoms with van der Waals surface area (Å²) in [7, 11) is 0. The molecular weight excluding hydrogens is 366 g/mol. The molecule has 140 valence electrons. The molecule has 0 aliphatic rings. The lowest BCUT2D eigenvalue weighted by Crippen LogP contribution is -2.35. The van der Waals surface area contributed by atoms with Gasteiger partial charge < -0.3 is 4.74 Å². The topological polar surface area (TPSA) is 73.2 Å². The van der Waals surface area contributed by atoms with Crippen LogP contribution in [0.1, 0.15) is 30.9 Å². The lowest BCUT2D eigenvalue weighted by Gasteiger charge is -2.16. The standard InChI is InChI=1S/C20H20ClN3O3/c1-12(2)15-9-16(21)13(3)8-18(15)27-10-19(25)23-24-11-22-17-7-5-4-6-14(17)20(24)26/h4-9,11-12H,10H2,1-3H3,(H,23,25). The van der Waals surface area contributed by atoms with Crippen molar-refractivity contribution >= 4 is 28.4 Å². The van der Waals surface area contributed by atoms with Crippen LogP contribution in [-0.4, -0.2) is 22.2 Å². The van der Waals surface area contributed by atoms with E-state index in [1.165, 1.54) is 6.33 Å². The number of fused-ring (bicyclic) bond motifs is 1. The molecule has 27 heavy (non-hydrogen) atoms. The van der Waals surface area contributed by atoms with Gasteiger partial charge in [-0.3, -0.25) is 15.0 Å². The fourth-order valence-corrected chi connectivity index (χ4v) is 2.88. The molecule has 0 aliphatic heterocycles. The zero-order valence-electron chi connectivity index (χ0n) is 15.3. The second kappa shape index (κ2) is 7.80. The fourth-order valence-electron chi connectivity index (χ4n) is 2.71. The van der Waals surface area contributed by atoms with Crippen molar-refractivity contribution in [2.75, 3.05) is 12.0 Å². The van der Waals surface area contributed by atoms with Crippen molar-refractivity contribution in [1.29, 1.82) is 0 Å². The number of nitrogens with one attached hydrogen (secondary N) is 1. The van der Waals surface area contributed by atoms with Crippen molar-refractivity contribution in [3.05, 3.63) is 69.2 Å². The second-order valence-corrected chi connectivity index (χ2v) is 6.96. The van der Waals surface area contributed by atoms with Crippen LogP contribution >= 0.6 is 11.6 Å². The van der Waals surface area contributed by atoms with E-state index in [1.54, 1.807) is 24.3 Å². The van der Waals surface area contributed by atoms with Crippen molar-refractivity contribution in [1.82, 2.24) is 9.66 Å². The van der Waals surface area contributed by atoms with Crippen LogP contribution in [0.15, 0.2) is 47.5 Å². The predicted molar refractivity (Wildman–Crippen MR) is 106 cm³/mol. The smallest absolute Gasteiger partial charge is 0.280 e. The highest BCUT2D eigenvalue weighted by atomic mass is 35.5. The van der Waals surface area contributed by atoms with E-state index < -0.39 is 5.91 Å². The normalized spacial score (nSPS) is 11.0. The van der Waals surface area contributed by atoms with Crippen molar-refractivity contribution in [3.8, 4) is 5.75 Å². The van der Waals surface area contributed by atoms with Gasteiger partial charge in [0.1, 0.15) is 12.1 Å². The number of benzene rings is 2. The zero-order chi connectivity index (χ0) is 19.6. The van der Waals surface area contributed by atoms with Crippen LogP contribution < -0.4 is 15.7 Å². The number of halogens is 1. The summed E-state index contributed by atoms with van der Waals surface area (Å²) < 4.78 is 6.75. The van der Waals surface area contributed by atoms with Crippen molar-refractivity contribution in [2.24, 2.45) is 0 Å². The molecule has 1 aromatic heterocycles. The number of aromatic nitrogens is 2. The van der Waals surface area contributed by atoms with Gasteiger partial charge in [0.05, 0.1) is 10.9 Å². The molecule has 1 heterocycles. The van der Waals surface area contributed by atoms with Gasteiger partial charge in [-0.1, -0.05) is 37.6 Å². The molecule has 0 unspecified atom stereocenters. The van der Waals surface area contributed by atoms with Gasteiger partial charge >= 0.3 is 0 Å². The van der Waals surface area contributed by atoms with E-state index in [4.69, 9.17) is 16.3 Å². The Kier molecular flexibility index (Phi) is 5.46. The first-order valence-corrected chi connectivity index (χ1v) is 8.93. The minimum Gasteiger partial charge on any atom is -0.483 e. The highest BCUT2D eigenvalue weighted by Gasteiger charge is 2.13. The third-order valence-corrected chi connectivity index (χ3v) is 4.59. The largest absolute Gasteiger partial charge is 0.483 e. The summed E-state index contributed by atoms with van der Waals surface area (Å²) in [5.41, 5.74) is 4.51. The number of carbonyl (C=O) groups excluding carboxylic acids is 1. The van der Waals surface area contributed by atoms with E-state index in [2.05, 4.69) is 10.4 Å². The number of nitrogens with zero attached hydrogens (tertiary/aromatic N) is 2. The third kappa shape index (κ3) is 4.11. The summed E-state index contributed by atoms with van der Waals surface area (Å²) in [6, 6.07) is 10.6. The van der Waals surface area contributed by atoms with Gasteiger partial charge in [-0.05, 0) is 48.2 Å². The molecule has 6 nitrogen and oxygen atoms in total. The maximum atomic E-state index is 12.4. The van der Waals surface area contributed by atoms with E-state index in [9.17, 15) is 9.59 Å². The molecule has 2 aromatic carbocycles. The first-order valence-electron chi connectivity index (χ1n) is 8.56. The van der Waals surface area contributed by atoms with E-state index >= 15 is 0 Å². The molecule has 0 saturated heterocycles. The van der Waals surface area contributed by atoms with E-state index in [0.717, 1.165) is 15.8 Å². The maximum Gasteiger partial charge on any atom is 0.280 e. The monoisotopic (exact) mass is 385 g/mol. The van der Waals surface area contributed by atoms with Gasteiger partial charge in [0.2, 0.25) is 0 Å². The first kappa shape index (κ1) is 18.9. The van der Waals surface area contributed by atoms with Crippen LogP contribution in [0, 0.1) is 6.92 Å². The number of ether oxygens (including phenoxy) is 1. The summed E-state index contributed by atoms with van der Waals surface area (Å²) >= 11 is 6.19. The van der Waals surface area contributed by atoms with Crippen LogP contribution in [0.5, 0.6) is 5.75 Å². The minimum atomic E-state index is -0.462. The highest BCUT2D eigenvalue weighted by molar-refractivity contribution is 6.31. The van der Waals surface area contributed by atoms with Crippen LogP contribution in [0.25, 0.3) is 10.9 Å². The average Bonchev–Trinajstić information content (AvgIpc) is 2.64. The average molecular weight is 386 g/mol. The number of para-hydroxylation sites is 1. The molecule has 0 aliphatic carbocycles. The van der Waals surface area contributed by atoms with E-state index in [1.807, 2.05) is 32.9 Å². The number of amides is 1. The molecule has 7 heteroatoms. The molecule has 1 N–H and O–H groups in total. The van der Waals surface area contributed by atoms with E-state index in [-0.39, 0.29) is 18.1 Å². The summed E-state index contributed by atoms with van der Waals surface area (Å²) in [5, 5.41) is 1.08. The Balaban J connectivity index is 1.75. The lowest BCUT2D eigenvalue weighted by atomic mass is 10.0. The van der Waals surface area contributed by atoms with Crippen LogP contribution in [0.3, 0.4) is 0 Å². The molecule has 1 amide bonds. The summed E-state index contributed by atoms with van der Waals surface area (Å²) in [6.07, 6.45) is 1.29. The number of carbonyl (C=O) groups is 1. The fraction of sp³-hybridized carbons (Fsp3) is 0.250. The van der Waals surface area contributed by atoms with E-state index in [0.29, 0.717) is 21.7 Å². The van der Waals surface area contributed by atoms with Gasteiger partial charge in [-0.2, -0.15) is 0 Å². The van der Waals surface area contributed by atoms with Crippen LogP contribution in [0.4, 0.5) is 0 Å². The lowest BCUT2D eigenvalue weighted by molar-refractivity contribution is -0.119. The Hall–Kier alpha value is -2.86. The summed E-state index contributed by atoms with van der Waals surface area (Å²) in [4.78, 5) is 28.8. The van der Waals surface area contributed by atoms with Gasteiger partial charge in [-0.25, -0.2) is 9.66 Å². The molecule has 3 rings (SSSR count). The maximum absolute atomic E-state index is 12.4. The molecule has 0 saturated carbocycles. The summed E-state index contributed by atoms with van der Waals surface area (Å²) in [5.74, 6) is 0.330. The zero-order valence-corrected chi connectivity index (χ0v) is 16.1. The molecule has 0 radical (unpaired) electrons. The summed E-state index contributed by atoms with van der Waals surface area (Å²) in [6.45, 7) is 5.68. The van der Waals surface area contributed by atoms with Gasteiger partial charge in [0.15, 0.2) is 6.61 Å². The Morgan fingerprint density at radius 2 is 2.04 bits per heavy atom. The van der Waals surface area contributed by atoms with Crippen molar-refractivity contribution in [3.63, 3.8) is 0 Å². The minimum absolute atomic E-state index is 0.188. The Labute approximate surface area is 161 Å². The Bertz CT molecular complexity index is 1060. The van der Waals surface area contributed by atoms with Gasteiger partial charge in [0.25, 0.3) is 11.5 Å². The third-order valence-electron chi connectivity index (χ3n) is 4.18. The van der Waals surface area contributed by atoms with Gasteiger partial charge in [-0.15, -0.1) is 0 Å². The first-order chi connectivity index (χ1) is 12.9. The molecule has 0 atom stereocenters. The van der Waals surface area contributed by atoms with Crippen LogP contribution in [-0.2, 0) is 4.79 Å². The Morgan fingerprint density at radius 1 is 1.30 bits per heavy atom. The number of hydrogen-bond donors (Lipinski definition) is 1. The SMILES string of the molecule is Cc1cc(OCC(=O)Nn2cnc3ccccc3c2=O)c(C(C)C)cc1Cl. The molecular formula is C20H20ClN3O3.